The fourth-order valence-electron chi connectivity index (χ4n) is 3.80. The van der Waals surface area contributed by atoms with Crippen molar-refractivity contribution in [3.05, 3.63) is 73.0 Å². The molecule has 0 spiro atoms. The zero-order valence-corrected chi connectivity index (χ0v) is 17.0. The number of nitrogens with zero attached hydrogens (tertiary/aromatic N) is 3. The third-order valence-corrected chi connectivity index (χ3v) is 5.36. The van der Waals surface area contributed by atoms with E-state index in [9.17, 15) is 0 Å². The minimum atomic E-state index is 0.520. The Morgan fingerprint density at radius 1 is 1.17 bits per heavy atom. The van der Waals surface area contributed by atoms with Gasteiger partial charge in [-0.3, -0.25) is 0 Å². The van der Waals surface area contributed by atoms with Crippen LogP contribution < -0.4 is 10.6 Å². The SMILES string of the molecule is C=C/C(=C\C)c1cccc2cnc(Nc3ccc(N[C@@H]4CCN(C)C4)cc3)nc12. The molecule has 2 aromatic carbocycles. The Kier molecular flexibility index (Phi) is 5.58. The maximum atomic E-state index is 4.77. The van der Waals surface area contributed by atoms with E-state index < -0.39 is 0 Å². The molecule has 2 N–H and O–H groups in total. The minimum absolute atomic E-state index is 0.520. The van der Waals surface area contributed by atoms with E-state index in [-0.39, 0.29) is 0 Å². The fraction of sp³-hybridized carbons (Fsp3) is 0.250. The van der Waals surface area contributed by atoms with Gasteiger partial charge in [-0.25, -0.2) is 9.97 Å². The molecule has 5 heteroatoms. The lowest BCUT2D eigenvalue weighted by Gasteiger charge is -2.15. The fourth-order valence-corrected chi connectivity index (χ4v) is 3.80. The molecular weight excluding hydrogens is 358 g/mol. The molecule has 2 heterocycles. The second-order valence-electron chi connectivity index (χ2n) is 7.48. The number of nitrogens with one attached hydrogen (secondary N) is 2. The molecule has 0 radical (unpaired) electrons. The Hall–Kier alpha value is -3.18. The van der Waals surface area contributed by atoms with Gasteiger partial charge in [0.1, 0.15) is 0 Å². The summed E-state index contributed by atoms with van der Waals surface area (Å²) >= 11 is 0. The van der Waals surface area contributed by atoms with Gasteiger partial charge < -0.3 is 15.5 Å². The van der Waals surface area contributed by atoms with Crippen LogP contribution in [0.25, 0.3) is 16.5 Å². The lowest BCUT2D eigenvalue weighted by atomic mass is 10.0. The molecule has 1 saturated heterocycles. The third-order valence-electron chi connectivity index (χ3n) is 5.36. The highest BCUT2D eigenvalue weighted by Crippen LogP contribution is 2.26. The van der Waals surface area contributed by atoms with Crippen LogP contribution in [0.1, 0.15) is 18.9 Å². The van der Waals surface area contributed by atoms with Crippen molar-refractivity contribution in [3.8, 4) is 0 Å². The first-order valence-electron chi connectivity index (χ1n) is 10.0. The summed E-state index contributed by atoms with van der Waals surface area (Å²) in [6, 6.07) is 15.0. The summed E-state index contributed by atoms with van der Waals surface area (Å²) in [5.74, 6) is 0.586. The van der Waals surface area contributed by atoms with Crippen molar-refractivity contribution in [1.82, 2.24) is 14.9 Å². The summed E-state index contributed by atoms with van der Waals surface area (Å²) in [5.41, 5.74) is 5.15. The molecule has 148 valence electrons. The normalized spacial score (nSPS) is 17.4. The molecule has 3 aromatic rings. The lowest BCUT2D eigenvalue weighted by molar-refractivity contribution is 0.414. The smallest absolute Gasteiger partial charge is 0.227 e. The Morgan fingerprint density at radius 3 is 2.66 bits per heavy atom. The first-order valence-corrected chi connectivity index (χ1v) is 10.0. The van der Waals surface area contributed by atoms with E-state index in [1.807, 2.05) is 37.4 Å². The number of anilines is 3. The van der Waals surface area contributed by atoms with Crippen LogP contribution in [0.4, 0.5) is 17.3 Å². The molecule has 0 amide bonds. The molecule has 0 saturated carbocycles. The number of benzene rings is 2. The van der Waals surface area contributed by atoms with E-state index in [1.165, 1.54) is 6.42 Å². The van der Waals surface area contributed by atoms with Gasteiger partial charge in [-0.15, -0.1) is 0 Å². The van der Waals surface area contributed by atoms with Crippen LogP contribution in [0.15, 0.2) is 67.4 Å². The highest BCUT2D eigenvalue weighted by molar-refractivity contribution is 5.93. The average Bonchev–Trinajstić information content (AvgIpc) is 3.15. The van der Waals surface area contributed by atoms with Crippen LogP contribution in [0.2, 0.25) is 0 Å². The average molecular weight is 386 g/mol. The van der Waals surface area contributed by atoms with Crippen molar-refractivity contribution in [3.63, 3.8) is 0 Å². The molecule has 5 nitrogen and oxygen atoms in total. The highest BCUT2D eigenvalue weighted by Gasteiger charge is 2.18. The Bertz CT molecular complexity index is 1040. The first kappa shape index (κ1) is 19.2. The molecule has 4 rings (SSSR count). The quantitative estimate of drug-likeness (QED) is 0.580. The summed E-state index contributed by atoms with van der Waals surface area (Å²) in [6.45, 7) is 8.17. The van der Waals surface area contributed by atoms with Crippen LogP contribution in [0.5, 0.6) is 0 Å². The second kappa shape index (κ2) is 8.45. The molecule has 0 aliphatic carbocycles. The number of aromatic nitrogens is 2. The van der Waals surface area contributed by atoms with Gasteiger partial charge in [0.05, 0.1) is 5.52 Å². The zero-order chi connectivity index (χ0) is 20.2. The molecule has 0 unspecified atom stereocenters. The Morgan fingerprint density at radius 2 is 1.97 bits per heavy atom. The van der Waals surface area contributed by atoms with Crippen molar-refractivity contribution in [1.29, 1.82) is 0 Å². The van der Waals surface area contributed by atoms with Crippen LogP contribution in [-0.2, 0) is 0 Å². The van der Waals surface area contributed by atoms with Gasteiger partial charge in [0, 0.05) is 41.1 Å². The summed E-state index contributed by atoms with van der Waals surface area (Å²) in [5, 5.41) is 7.94. The van der Waals surface area contributed by atoms with Crippen molar-refractivity contribution in [2.75, 3.05) is 30.8 Å². The number of allylic oxidation sites excluding steroid dienone is 3. The molecular formula is C24H27N5. The summed E-state index contributed by atoms with van der Waals surface area (Å²) in [6.07, 6.45) is 6.95. The number of likely N-dealkylation sites (tertiary alicyclic amines) is 1. The van der Waals surface area contributed by atoms with Gasteiger partial charge in [0.25, 0.3) is 0 Å². The van der Waals surface area contributed by atoms with Crippen LogP contribution >= 0.6 is 0 Å². The molecule has 1 aliphatic rings. The van der Waals surface area contributed by atoms with Crippen molar-refractivity contribution >= 4 is 33.8 Å². The molecule has 1 aromatic heterocycles. The standard InChI is InChI=1S/C24H27N5/c1-4-17(5-2)22-8-6-7-18-15-25-24(28-23(18)22)27-20-11-9-19(10-12-20)26-21-13-14-29(3)16-21/h4-12,15,21,26H,1,13-14,16H2,2-3H3,(H,25,27,28)/b17-5+/t21-/m1/s1. The summed E-state index contributed by atoms with van der Waals surface area (Å²) in [4.78, 5) is 11.6. The van der Waals surface area contributed by atoms with Crippen molar-refractivity contribution < 1.29 is 0 Å². The number of likely N-dealkylation sites (N-methyl/N-ethyl adjacent to an activating group) is 1. The van der Waals surface area contributed by atoms with Gasteiger partial charge >= 0.3 is 0 Å². The van der Waals surface area contributed by atoms with Gasteiger partial charge in [-0.1, -0.05) is 36.9 Å². The van der Waals surface area contributed by atoms with E-state index >= 15 is 0 Å². The molecule has 1 aliphatic heterocycles. The Balaban J connectivity index is 1.53. The monoisotopic (exact) mass is 385 g/mol. The van der Waals surface area contributed by atoms with E-state index in [0.29, 0.717) is 12.0 Å². The summed E-state index contributed by atoms with van der Waals surface area (Å²) in [7, 11) is 2.16. The van der Waals surface area contributed by atoms with E-state index in [2.05, 4.69) is 64.5 Å². The van der Waals surface area contributed by atoms with Gasteiger partial charge in [0.15, 0.2) is 0 Å². The number of fused-ring (bicyclic) bond motifs is 1. The van der Waals surface area contributed by atoms with Gasteiger partial charge in [-0.2, -0.15) is 0 Å². The maximum Gasteiger partial charge on any atom is 0.227 e. The van der Waals surface area contributed by atoms with Crippen LogP contribution in [-0.4, -0.2) is 41.0 Å². The van der Waals surface area contributed by atoms with Gasteiger partial charge in [0.2, 0.25) is 5.95 Å². The molecule has 29 heavy (non-hydrogen) atoms. The second-order valence-corrected chi connectivity index (χ2v) is 7.48. The predicted octanol–water partition coefficient (Wildman–Crippen LogP) is 5.08. The maximum absolute atomic E-state index is 4.77. The van der Waals surface area contributed by atoms with Crippen molar-refractivity contribution in [2.24, 2.45) is 0 Å². The molecule has 1 fully saturated rings. The zero-order valence-electron chi connectivity index (χ0n) is 17.0. The minimum Gasteiger partial charge on any atom is -0.381 e. The highest BCUT2D eigenvalue weighted by atomic mass is 15.2. The topological polar surface area (TPSA) is 53.1 Å². The number of hydrogen-bond acceptors (Lipinski definition) is 5. The molecule has 1 atom stereocenters. The predicted molar refractivity (Wildman–Crippen MR) is 123 cm³/mol. The van der Waals surface area contributed by atoms with E-state index in [0.717, 1.165) is 46.5 Å². The Labute approximate surface area is 172 Å². The van der Waals surface area contributed by atoms with Gasteiger partial charge in [-0.05, 0) is 56.8 Å². The van der Waals surface area contributed by atoms with E-state index in [4.69, 9.17) is 4.98 Å². The number of rotatable bonds is 6. The number of para-hydroxylation sites is 1. The van der Waals surface area contributed by atoms with Crippen LogP contribution in [0, 0.1) is 0 Å². The van der Waals surface area contributed by atoms with Crippen molar-refractivity contribution in [2.45, 2.75) is 19.4 Å². The van der Waals surface area contributed by atoms with E-state index in [1.54, 1.807) is 0 Å². The first-order chi connectivity index (χ1) is 14.2. The summed E-state index contributed by atoms with van der Waals surface area (Å²) < 4.78 is 0. The third kappa shape index (κ3) is 4.30. The van der Waals surface area contributed by atoms with Crippen LogP contribution in [0.3, 0.4) is 0 Å². The molecule has 0 bridgehead atoms. The number of hydrogen-bond donors (Lipinski definition) is 2. The largest absolute Gasteiger partial charge is 0.381 e. The lowest BCUT2D eigenvalue weighted by Crippen LogP contribution is -2.23.